The van der Waals surface area contributed by atoms with Gasteiger partial charge in [0.1, 0.15) is 13.2 Å². The summed E-state index contributed by atoms with van der Waals surface area (Å²) in [5.74, 6) is 1.73. The van der Waals surface area contributed by atoms with Crippen LogP contribution in [0.4, 0.5) is 0 Å². The Kier molecular flexibility index (Phi) is 4.35. The minimum absolute atomic E-state index is 0.321. The minimum atomic E-state index is 0.321. The summed E-state index contributed by atoms with van der Waals surface area (Å²) in [6.45, 7) is 11.3. The first-order valence-electron chi connectivity index (χ1n) is 7.15. The topological polar surface area (TPSA) is 30.5 Å². The molecule has 0 saturated carbocycles. The third-order valence-electron chi connectivity index (χ3n) is 3.91. The second-order valence-corrected chi connectivity index (χ2v) is 6.02. The summed E-state index contributed by atoms with van der Waals surface area (Å²) in [7, 11) is 0. The van der Waals surface area contributed by atoms with Crippen LogP contribution in [0.25, 0.3) is 0 Å². The van der Waals surface area contributed by atoms with Gasteiger partial charge in [-0.25, -0.2) is 0 Å². The molecule has 0 amide bonds. The number of nitrogens with one attached hydrogen (secondary N) is 1. The van der Waals surface area contributed by atoms with E-state index < -0.39 is 0 Å². The smallest absolute Gasteiger partial charge is 0.161 e. The van der Waals surface area contributed by atoms with Gasteiger partial charge in [-0.05, 0) is 36.5 Å². The first-order chi connectivity index (χ1) is 9.02. The molecule has 0 aliphatic carbocycles. The van der Waals surface area contributed by atoms with E-state index in [9.17, 15) is 0 Å². The van der Waals surface area contributed by atoms with Crippen molar-refractivity contribution in [2.75, 3.05) is 19.8 Å². The maximum Gasteiger partial charge on any atom is 0.161 e. The van der Waals surface area contributed by atoms with Gasteiger partial charge in [0, 0.05) is 12.6 Å². The van der Waals surface area contributed by atoms with E-state index in [1.807, 2.05) is 6.07 Å². The van der Waals surface area contributed by atoms with Crippen LogP contribution in [-0.4, -0.2) is 19.8 Å². The molecule has 19 heavy (non-hydrogen) atoms. The highest BCUT2D eigenvalue weighted by atomic mass is 16.6. The van der Waals surface area contributed by atoms with Crippen molar-refractivity contribution in [2.24, 2.45) is 5.41 Å². The fourth-order valence-electron chi connectivity index (χ4n) is 2.00. The lowest BCUT2D eigenvalue weighted by molar-refractivity contribution is 0.171. The van der Waals surface area contributed by atoms with Crippen molar-refractivity contribution >= 4 is 0 Å². The fraction of sp³-hybridized carbons (Fsp3) is 0.625. The maximum absolute atomic E-state index is 5.63. The van der Waals surface area contributed by atoms with Gasteiger partial charge in [-0.3, -0.25) is 0 Å². The third kappa shape index (κ3) is 3.63. The second kappa shape index (κ2) is 5.83. The van der Waals surface area contributed by atoms with E-state index in [-0.39, 0.29) is 0 Å². The number of benzene rings is 1. The van der Waals surface area contributed by atoms with Gasteiger partial charge >= 0.3 is 0 Å². The van der Waals surface area contributed by atoms with Gasteiger partial charge in [-0.15, -0.1) is 0 Å². The average Bonchev–Trinajstić information content (AvgIpc) is 2.44. The van der Waals surface area contributed by atoms with Crippen molar-refractivity contribution in [3.63, 3.8) is 0 Å². The van der Waals surface area contributed by atoms with Gasteiger partial charge in [0.25, 0.3) is 0 Å². The van der Waals surface area contributed by atoms with Crippen LogP contribution in [0.1, 0.15) is 45.7 Å². The first kappa shape index (κ1) is 14.2. The molecule has 1 unspecified atom stereocenters. The van der Waals surface area contributed by atoms with Gasteiger partial charge in [0.2, 0.25) is 0 Å². The molecular weight excluding hydrogens is 238 g/mol. The van der Waals surface area contributed by atoms with Crippen LogP contribution < -0.4 is 14.8 Å². The molecule has 1 aromatic rings. The molecule has 2 rings (SSSR count). The molecule has 1 N–H and O–H groups in total. The average molecular weight is 263 g/mol. The van der Waals surface area contributed by atoms with Crippen LogP contribution in [0.2, 0.25) is 0 Å². The van der Waals surface area contributed by atoms with Crippen molar-refractivity contribution in [3.8, 4) is 11.5 Å². The van der Waals surface area contributed by atoms with E-state index in [0.717, 1.165) is 18.0 Å². The Bertz CT molecular complexity index is 429. The molecule has 0 saturated heterocycles. The SMILES string of the molecule is CCC(C)(C)CNC(C)c1ccc2c(c1)OCCO2. The lowest BCUT2D eigenvalue weighted by atomic mass is 9.90. The first-order valence-corrected chi connectivity index (χ1v) is 7.15. The number of fused-ring (bicyclic) bond motifs is 1. The summed E-state index contributed by atoms with van der Waals surface area (Å²) in [6.07, 6.45) is 1.17. The highest BCUT2D eigenvalue weighted by molar-refractivity contribution is 5.44. The summed E-state index contributed by atoms with van der Waals surface area (Å²) >= 11 is 0. The number of rotatable bonds is 5. The van der Waals surface area contributed by atoms with E-state index in [2.05, 4.69) is 45.1 Å². The van der Waals surface area contributed by atoms with E-state index in [1.54, 1.807) is 0 Å². The molecule has 0 aromatic heterocycles. The standard InChI is InChI=1S/C16H25NO2/c1-5-16(3,4)11-17-12(2)13-6-7-14-15(10-13)19-9-8-18-14/h6-7,10,12,17H,5,8-9,11H2,1-4H3. The van der Waals surface area contributed by atoms with Crippen LogP contribution in [0.5, 0.6) is 11.5 Å². The normalized spacial score (nSPS) is 16.2. The van der Waals surface area contributed by atoms with Crippen molar-refractivity contribution in [2.45, 2.75) is 40.2 Å². The van der Waals surface area contributed by atoms with Crippen LogP contribution >= 0.6 is 0 Å². The molecule has 1 aromatic carbocycles. The lowest BCUT2D eigenvalue weighted by Gasteiger charge is -2.26. The Morgan fingerprint density at radius 2 is 1.89 bits per heavy atom. The molecule has 106 valence electrons. The van der Waals surface area contributed by atoms with Gasteiger partial charge in [0.15, 0.2) is 11.5 Å². The Morgan fingerprint density at radius 3 is 2.58 bits per heavy atom. The molecule has 0 radical (unpaired) electrons. The zero-order valence-electron chi connectivity index (χ0n) is 12.5. The Labute approximate surface area is 116 Å². The highest BCUT2D eigenvalue weighted by Gasteiger charge is 2.18. The van der Waals surface area contributed by atoms with Crippen molar-refractivity contribution in [3.05, 3.63) is 23.8 Å². The van der Waals surface area contributed by atoms with Crippen LogP contribution in [-0.2, 0) is 0 Å². The number of hydrogen-bond donors (Lipinski definition) is 1. The summed E-state index contributed by atoms with van der Waals surface area (Å²) in [5, 5.41) is 3.60. The van der Waals surface area contributed by atoms with Crippen LogP contribution in [0.3, 0.4) is 0 Å². The van der Waals surface area contributed by atoms with E-state index in [1.165, 1.54) is 12.0 Å². The van der Waals surface area contributed by atoms with Crippen LogP contribution in [0.15, 0.2) is 18.2 Å². The van der Waals surface area contributed by atoms with Gasteiger partial charge in [-0.2, -0.15) is 0 Å². The highest BCUT2D eigenvalue weighted by Crippen LogP contribution is 2.32. The van der Waals surface area contributed by atoms with E-state index >= 15 is 0 Å². The monoisotopic (exact) mass is 263 g/mol. The second-order valence-electron chi connectivity index (χ2n) is 6.02. The molecule has 3 heteroatoms. The zero-order chi connectivity index (χ0) is 13.9. The van der Waals surface area contributed by atoms with Crippen molar-refractivity contribution in [1.29, 1.82) is 0 Å². The fourth-order valence-corrected chi connectivity index (χ4v) is 2.00. The third-order valence-corrected chi connectivity index (χ3v) is 3.91. The van der Waals surface area contributed by atoms with E-state index in [4.69, 9.17) is 9.47 Å². The van der Waals surface area contributed by atoms with Crippen LogP contribution in [0, 0.1) is 5.41 Å². The molecule has 0 spiro atoms. The predicted molar refractivity (Wildman–Crippen MR) is 77.9 cm³/mol. The van der Waals surface area contributed by atoms with Crippen molar-refractivity contribution in [1.82, 2.24) is 5.32 Å². The number of hydrogen-bond acceptors (Lipinski definition) is 3. The van der Waals surface area contributed by atoms with Gasteiger partial charge < -0.3 is 14.8 Å². The molecule has 1 aliphatic rings. The molecule has 1 atom stereocenters. The molecule has 0 bridgehead atoms. The molecule has 1 heterocycles. The Balaban J connectivity index is 2.01. The van der Waals surface area contributed by atoms with E-state index in [0.29, 0.717) is 24.7 Å². The quantitative estimate of drug-likeness (QED) is 0.881. The summed E-state index contributed by atoms with van der Waals surface area (Å²) < 4.78 is 11.2. The number of ether oxygens (including phenoxy) is 2. The lowest BCUT2D eigenvalue weighted by Crippen LogP contribution is -2.30. The van der Waals surface area contributed by atoms with Gasteiger partial charge in [0.05, 0.1) is 0 Å². The summed E-state index contributed by atoms with van der Waals surface area (Å²) in [4.78, 5) is 0. The maximum atomic E-state index is 5.63. The molecular formula is C16H25NO2. The summed E-state index contributed by atoms with van der Waals surface area (Å²) in [5.41, 5.74) is 1.58. The van der Waals surface area contributed by atoms with Crippen molar-refractivity contribution < 1.29 is 9.47 Å². The largest absolute Gasteiger partial charge is 0.486 e. The Morgan fingerprint density at radius 1 is 1.21 bits per heavy atom. The molecule has 3 nitrogen and oxygen atoms in total. The Hall–Kier alpha value is -1.22. The molecule has 0 fully saturated rings. The van der Waals surface area contributed by atoms with Gasteiger partial charge in [-0.1, -0.05) is 26.8 Å². The minimum Gasteiger partial charge on any atom is -0.486 e. The zero-order valence-corrected chi connectivity index (χ0v) is 12.5. The predicted octanol–water partition coefficient (Wildman–Crippen LogP) is 3.54. The molecule has 1 aliphatic heterocycles. The summed E-state index contributed by atoms with van der Waals surface area (Å²) in [6, 6.07) is 6.53.